The molecule has 1 aromatic heterocycles. The van der Waals surface area contributed by atoms with Crippen molar-refractivity contribution in [2.24, 2.45) is 0 Å². The van der Waals surface area contributed by atoms with E-state index in [1.165, 1.54) is 0 Å². The maximum atomic E-state index is 12.5. The van der Waals surface area contributed by atoms with E-state index in [-0.39, 0.29) is 12.5 Å². The number of likely N-dealkylation sites (tertiary alicyclic amines) is 1. The average molecular weight is 357 g/mol. The number of aliphatic hydroxyl groups is 1. The molecular weight excluding hydrogens is 330 g/mol. The fourth-order valence-corrected chi connectivity index (χ4v) is 3.32. The Morgan fingerprint density at radius 1 is 1.27 bits per heavy atom. The Bertz CT molecular complexity index is 675. The zero-order valence-corrected chi connectivity index (χ0v) is 15.1. The monoisotopic (exact) mass is 357 g/mol. The zero-order chi connectivity index (χ0) is 18.2. The number of para-hydroxylation sites is 1. The summed E-state index contributed by atoms with van der Waals surface area (Å²) >= 11 is 0. The Kier molecular flexibility index (Phi) is 6.28. The smallest absolute Gasteiger partial charge is 0.222 e. The van der Waals surface area contributed by atoms with Gasteiger partial charge in [0, 0.05) is 25.7 Å². The van der Waals surface area contributed by atoms with Crippen molar-refractivity contribution < 1.29 is 14.6 Å². The minimum Gasteiger partial charge on any atom is -0.491 e. The molecule has 1 fully saturated rings. The zero-order valence-electron chi connectivity index (χ0n) is 15.1. The van der Waals surface area contributed by atoms with Crippen LogP contribution in [-0.2, 0) is 11.2 Å². The first-order valence-corrected chi connectivity index (χ1v) is 9.30. The molecule has 2 aromatic rings. The van der Waals surface area contributed by atoms with E-state index in [4.69, 9.17) is 4.74 Å². The van der Waals surface area contributed by atoms with Crippen molar-refractivity contribution in [3.63, 3.8) is 0 Å². The molecule has 1 atom stereocenters. The summed E-state index contributed by atoms with van der Waals surface area (Å²) in [7, 11) is 0. The number of H-pyrrole nitrogens is 1. The molecule has 2 heterocycles. The van der Waals surface area contributed by atoms with E-state index in [2.05, 4.69) is 10.2 Å². The molecule has 1 saturated heterocycles. The highest BCUT2D eigenvalue weighted by Gasteiger charge is 2.32. The van der Waals surface area contributed by atoms with Gasteiger partial charge in [-0.1, -0.05) is 18.2 Å². The first kappa shape index (κ1) is 18.5. The van der Waals surface area contributed by atoms with Gasteiger partial charge in [0.2, 0.25) is 5.91 Å². The first-order chi connectivity index (χ1) is 12.6. The van der Waals surface area contributed by atoms with E-state index < -0.39 is 5.60 Å². The largest absolute Gasteiger partial charge is 0.491 e. The van der Waals surface area contributed by atoms with Gasteiger partial charge in [0.1, 0.15) is 18.0 Å². The van der Waals surface area contributed by atoms with Gasteiger partial charge in [0.25, 0.3) is 0 Å². The lowest BCUT2D eigenvalue weighted by Crippen LogP contribution is -2.38. The molecule has 0 radical (unpaired) electrons. The van der Waals surface area contributed by atoms with Crippen LogP contribution in [0.2, 0.25) is 0 Å². The second kappa shape index (κ2) is 8.85. The molecule has 1 amide bonds. The Morgan fingerprint density at radius 3 is 2.88 bits per heavy atom. The fourth-order valence-electron chi connectivity index (χ4n) is 3.32. The summed E-state index contributed by atoms with van der Waals surface area (Å²) in [6.45, 7) is 1.55. The lowest BCUT2D eigenvalue weighted by atomic mass is 9.96. The number of benzene rings is 1. The highest BCUT2D eigenvalue weighted by molar-refractivity contribution is 5.76. The third-order valence-corrected chi connectivity index (χ3v) is 4.93. The number of hydrogen-bond donors (Lipinski definition) is 2. The molecule has 1 unspecified atom stereocenters. The van der Waals surface area contributed by atoms with Crippen molar-refractivity contribution in [2.45, 2.75) is 44.1 Å². The van der Waals surface area contributed by atoms with Crippen molar-refractivity contribution in [1.82, 2.24) is 15.1 Å². The van der Waals surface area contributed by atoms with Crippen LogP contribution in [0.25, 0.3) is 0 Å². The van der Waals surface area contributed by atoms with Gasteiger partial charge < -0.3 is 14.7 Å². The molecule has 3 rings (SSSR count). The first-order valence-electron chi connectivity index (χ1n) is 9.30. The van der Waals surface area contributed by atoms with Crippen LogP contribution < -0.4 is 4.74 Å². The van der Waals surface area contributed by atoms with Crippen LogP contribution in [0.5, 0.6) is 5.75 Å². The Balaban J connectivity index is 1.43. The van der Waals surface area contributed by atoms with Gasteiger partial charge in [-0.25, -0.2) is 0 Å². The Labute approximate surface area is 154 Å². The number of nitrogens with zero attached hydrogens (tertiary/aromatic N) is 2. The van der Waals surface area contributed by atoms with Crippen molar-refractivity contribution in [1.29, 1.82) is 0 Å². The van der Waals surface area contributed by atoms with Crippen LogP contribution in [0.1, 0.15) is 37.7 Å². The van der Waals surface area contributed by atoms with Crippen LogP contribution in [0.3, 0.4) is 0 Å². The molecule has 2 N–H and O–H groups in total. The number of aryl methyl sites for hydroxylation is 1. The molecule has 1 aliphatic heterocycles. The number of rotatable bonds is 7. The summed E-state index contributed by atoms with van der Waals surface area (Å²) in [6, 6.07) is 9.53. The van der Waals surface area contributed by atoms with Gasteiger partial charge in [-0.3, -0.25) is 9.89 Å². The van der Waals surface area contributed by atoms with E-state index in [0.29, 0.717) is 32.4 Å². The molecule has 140 valence electrons. The van der Waals surface area contributed by atoms with Crippen LogP contribution >= 0.6 is 0 Å². The third-order valence-electron chi connectivity index (χ3n) is 4.93. The van der Waals surface area contributed by atoms with E-state index >= 15 is 0 Å². The standard InChI is InChI=1S/C20H27N3O3/c24-19(9-4-6-17-14-21-22-15-17)23-12-5-10-20(25,11-13-23)16-26-18-7-2-1-3-8-18/h1-3,7-8,14-15,25H,4-6,9-13,16H2,(H,21,22). The maximum Gasteiger partial charge on any atom is 0.222 e. The molecule has 6 heteroatoms. The minimum absolute atomic E-state index is 0.168. The van der Waals surface area contributed by atoms with Crippen molar-refractivity contribution in [2.75, 3.05) is 19.7 Å². The van der Waals surface area contributed by atoms with E-state index in [9.17, 15) is 9.90 Å². The van der Waals surface area contributed by atoms with E-state index in [0.717, 1.165) is 30.6 Å². The maximum absolute atomic E-state index is 12.5. The fraction of sp³-hybridized carbons (Fsp3) is 0.500. The van der Waals surface area contributed by atoms with Crippen LogP contribution in [0.15, 0.2) is 42.7 Å². The quantitative estimate of drug-likeness (QED) is 0.798. The number of aromatic amines is 1. The van der Waals surface area contributed by atoms with Crippen LogP contribution in [0, 0.1) is 0 Å². The number of ether oxygens (including phenoxy) is 1. The number of aromatic nitrogens is 2. The molecule has 6 nitrogen and oxygen atoms in total. The number of hydrogen-bond acceptors (Lipinski definition) is 4. The number of amides is 1. The highest BCUT2D eigenvalue weighted by Crippen LogP contribution is 2.24. The summed E-state index contributed by atoms with van der Waals surface area (Å²) < 4.78 is 5.74. The van der Waals surface area contributed by atoms with Gasteiger partial charge >= 0.3 is 0 Å². The number of nitrogens with one attached hydrogen (secondary N) is 1. The highest BCUT2D eigenvalue weighted by atomic mass is 16.5. The lowest BCUT2D eigenvalue weighted by Gasteiger charge is -2.27. The Morgan fingerprint density at radius 2 is 2.12 bits per heavy atom. The summed E-state index contributed by atoms with van der Waals surface area (Å²) in [5.74, 6) is 0.930. The third kappa shape index (κ3) is 5.33. The van der Waals surface area contributed by atoms with Gasteiger partial charge in [-0.05, 0) is 49.8 Å². The van der Waals surface area contributed by atoms with Crippen LogP contribution in [-0.4, -0.2) is 51.4 Å². The van der Waals surface area contributed by atoms with Crippen molar-refractivity contribution in [3.05, 3.63) is 48.3 Å². The van der Waals surface area contributed by atoms with Gasteiger partial charge in [0.05, 0.1) is 6.20 Å². The number of carbonyl (C=O) groups is 1. The molecule has 1 aromatic carbocycles. The summed E-state index contributed by atoms with van der Waals surface area (Å²) in [4.78, 5) is 14.3. The average Bonchev–Trinajstić information content (AvgIpc) is 3.09. The summed E-state index contributed by atoms with van der Waals surface area (Å²) in [5, 5.41) is 17.5. The van der Waals surface area contributed by atoms with E-state index in [1.807, 2.05) is 41.4 Å². The van der Waals surface area contributed by atoms with Crippen molar-refractivity contribution >= 4 is 5.91 Å². The number of carbonyl (C=O) groups excluding carboxylic acids is 1. The molecule has 0 bridgehead atoms. The normalized spacial score (nSPS) is 20.6. The van der Waals surface area contributed by atoms with Crippen molar-refractivity contribution in [3.8, 4) is 5.75 Å². The van der Waals surface area contributed by atoms with E-state index in [1.54, 1.807) is 6.20 Å². The second-order valence-electron chi connectivity index (χ2n) is 7.02. The van der Waals surface area contributed by atoms with Crippen LogP contribution in [0.4, 0.5) is 0 Å². The molecule has 0 aliphatic carbocycles. The molecular formula is C20H27N3O3. The summed E-state index contributed by atoms with van der Waals surface area (Å²) in [6.07, 6.45) is 7.85. The van der Waals surface area contributed by atoms with Gasteiger partial charge in [-0.2, -0.15) is 5.10 Å². The Hall–Kier alpha value is -2.34. The topological polar surface area (TPSA) is 78.5 Å². The summed E-state index contributed by atoms with van der Waals surface area (Å²) in [5.41, 5.74) is 0.253. The SMILES string of the molecule is O=C(CCCc1cn[nH]c1)N1CCCC(O)(COc2ccccc2)CC1. The predicted molar refractivity (Wildman–Crippen MR) is 98.8 cm³/mol. The lowest BCUT2D eigenvalue weighted by molar-refractivity contribution is -0.131. The predicted octanol–water partition coefficient (Wildman–Crippen LogP) is 2.56. The molecule has 0 saturated carbocycles. The second-order valence-corrected chi connectivity index (χ2v) is 7.02. The molecule has 26 heavy (non-hydrogen) atoms. The van der Waals surface area contributed by atoms with Gasteiger partial charge in [-0.15, -0.1) is 0 Å². The molecule has 0 spiro atoms. The minimum atomic E-state index is -0.873. The van der Waals surface area contributed by atoms with Gasteiger partial charge in [0.15, 0.2) is 0 Å². The molecule has 1 aliphatic rings.